The fourth-order valence-electron chi connectivity index (χ4n) is 6.81. The number of hydrogen-bond donors (Lipinski definition) is 3. The first kappa shape index (κ1) is 37.1. The Morgan fingerprint density at radius 2 is 1.92 bits per heavy atom. The van der Waals surface area contributed by atoms with E-state index in [1.807, 2.05) is 30.0 Å². The summed E-state index contributed by atoms with van der Waals surface area (Å²) in [4.78, 5) is 29.5. The Morgan fingerprint density at radius 3 is 2.62 bits per heavy atom. The summed E-state index contributed by atoms with van der Waals surface area (Å²) >= 11 is 0. The summed E-state index contributed by atoms with van der Waals surface area (Å²) < 4.78 is 47.6. The number of aryl methyl sites for hydroxylation is 1. The van der Waals surface area contributed by atoms with Crippen LogP contribution in [-0.2, 0) is 24.7 Å². The first-order valence-electron chi connectivity index (χ1n) is 17.6. The van der Waals surface area contributed by atoms with Gasteiger partial charge in [0.1, 0.15) is 18.1 Å². The second kappa shape index (κ2) is 16.2. The van der Waals surface area contributed by atoms with Crippen molar-refractivity contribution in [2.45, 2.75) is 102 Å². The van der Waals surface area contributed by atoms with Crippen LogP contribution >= 0.6 is 0 Å². The Labute approximate surface area is 291 Å². The Hall–Kier alpha value is -4.16. The molecule has 1 unspecified atom stereocenters. The fraction of sp³-hybridized carbons (Fsp3) is 0.500. The van der Waals surface area contributed by atoms with Crippen molar-refractivity contribution in [3.8, 4) is 5.75 Å². The van der Waals surface area contributed by atoms with Gasteiger partial charge >= 0.3 is 6.18 Å². The van der Waals surface area contributed by atoms with Gasteiger partial charge in [0.05, 0.1) is 17.7 Å². The number of benzene rings is 2. The third-order valence-corrected chi connectivity index (χ3v) is 9.69. The number of aliphatic hydroxyl groups is 1. The molecule has 1 saturated heterocycles. The van der Waals surface area contributed by atoms with Gasteiger partial charge in [-0.2, -0.15) is 18.3 Å². The lowest BCUT2D eigenvalue weighted by Crippen LogP contribution is -2.50. The third kappa shape index (κ3) is 8.95. The molecule has 1 aliphatic heterocycles. The normalized spacial score (nSPS) is 18.3. The first-order chi connectivity index (χ1) is 24.0. The number of halogens is 3. The largest absolute Gasteiger partial charge is 0.490 e. The molecule has 1 saturated carbocycles. The van der Waals surface area contributed by atoms with Crippen LogP contribution < -0.4 is 15.4 Å². The number of aromatic nitrogens is 2. The van der Waals surface area contributed by atoms with Crippen molar-refractivity contribution in [2.75, 3.05) is 19.7 Å². The number of carbonyl (C=O) groups is 2. The van der Waals surface area contributed by atoms with E-state index in [2.05, 4.69) is 29.2 Å². The van der Waals surface area contributed by atoms with Crippen LogP contribution in [0.3, 0.4) is 0 Å². The highest BCUT2D eigenvalue weighted by Crippen LogP contribution is 2.46. The highest BCUT2D eigenvalue weighted by Gasteiger charge is 2.45. The number of nitrogens with zero attached hydrogens (tertiary/aromatic N) is 3. The Bertz CT molecular complexity index is 1630. The van der Waals surface area contributed by atoms with E-state index in [0.717, 1.165) is 49.8 Å². The smallest absolute Gasteiger partial charge is 0.416 e. The van der Waals surface area contributed by atoms with Crippen LogP contribution in [0.1, 0.15) is 96.5 Å². The van der Waals surface area contributed by atoms with Crippen LogP contribution in [0.2, 0.25) is 0 Å². The van der Waals surface area contributed by atoms with Crippen LogP contribution in [0.25, 0.3) is 0 Å². The minimum absolute atomic E-state index is 0.00869. The number of ether oxygens (including phenoxy) is 1. The zero-order chi connectivity index (χ0) is 35.9. The van der Waals surface area contributed by atoms with Crippen molar-refractivity contribution in [3.05, 3.63) is 95.3 Å². The lowest BCUT2D eigenvalue weighted by Gasteiger charge is -2.35. The molecule has 1 aliphatic carbocycles. The van der Waals surface area contributed by atoms with E-state index in [-0.39, 0.29) is 30.6 Å². The lowest BCUT2D eigenvalue weighted by molar-refractivity contribution is -0.137. The highest BCUT2D eigenvalue weighted by molar-refractivity contribution is 5.98. The molecule has 3 atom stereocenters. The number of aliphatic hydroxyl groups excluding tert-OH is 1. The molecule has 50 heavy (non-hydrogen) atoms. The number of carbonyl (C=O) groups excluding carboxylic acids is 2. The quantitative estimate of drug-likeness (QED) is 0.153. The van der Waals surface area contributed by atoms with Crippen molar-refractivity contribution in [1.82, 2.24) is 25.3 Å². The average molecular weight is 696 g/mol. The Kier molecular flexibility index (Phi) is 12.1. The molecule has 0 bridgehead atoms. The molecule has 0 radical (unpaired) electrons. The topological polar surface area (TPSA) is 109 Å². The van der Waals surface area contributed by atoms with E-state index in [1.54, 1.807) is 22.9 Å². The second-order valence-electron chi connectivity index (χ2n) is 13.3. The highest BCUT2D eigenvalue weighted by atomic mass is 19.4. The van der Waals surface area contributed by atoms with Crippen molar-refractivity contribution in [1.29, 1.82) is 0 Å². The third-order valence-electron chi connectivity index (χ3n) is 9.69. The molecule has 3 N–H and O–H groups in total. The summed E-state index contributed by atoms with van der Waals surface area (Å²) in [5.74, 6) is -0.0828. The number of piperidine rings is 1. The van der Waals surface area contributed by atoms with E-state index in [4.69, 9.17) is 4.74 Å². The molecule has 2 aromatic carbocycles. The molecule has 2 heterocycles. The molecule has 9 nitrogen and oxygen atoms in total. The van der Waals surface area contributed by atoms with Crippen LogP contribution in [0.4, 0.5) is 13.2 Å². The van der Waals surface area contributed by atoms with Crippen LogP contribution in [0.5, 0.6) is 5.75 Å². The van der Waals surface area contributed by atoms with Crippen LogP contribution in [0, 0.1) is 0 Å². The fourth-order valence-corrected chi connectivity index (χ4v) is 6.81. The standard InChI is InChI=1S/C38H48F3N5O4/c1-4-11-29-15-7-8-19-45(29)36(49)33-24-32(44-46(33)6-3)35(48)43-31(22-26-12-9-16-30(21-26)50-20-5-2)34(47)25-42-37(17-18-37)27-13-10-14-28(23-27)38(39,40)41/h5,9-10,12-14,16,21,23-24,29,31,34,42,47H,2,4,6-8,11,15,17-20,22,25H2,1,3H3,(H,43,48)/t29?,31-,34-/m0/s1. The molecule has 12 heteroatoms. The zero-order valence-corrected chi connectivity index (χ0v) is 28.8. The summed E-state index contributed by atoms with van der Waals surface area (Å²) in [5, 5.41) is 22.3. The Balaban J connectivity index is 1.35. The number of nitrogens with one attached hydrogen (secondary N) is 2. The van der Waals surface area contributed by atoms with Gasteiger partial charge in [-0.15, -0.1) is 0 Å². The first-order valence-corrected chi connectivity index (χ1v) is 17.6. The van der Waals surface area contributed by atoms with Crippen LogP contribution in [0.15, 0.2) is 67.3 Å². The number of rotatable bonds is 16. The number of hydrogen-bond acceptors (Lipinski definition) is 6. The summed E-state index contributed by atoms with van der Waals surface area (Å²) in [5.41, 5.74) is 0.284. The minimum atomic E-state index is -4.47. The molecule has 1 aromatic heterocycles. The predicted molar refractivity (Wildman–Crippen MR) is 185 cm³/mol. The molecule has 270 valence electrons. The summed E-state index contributed by atoms with van der Waals surface area (Å²) in [6.45, 7) is 9.03. The monoisotopic (exact) mass is 695 g/mol. The molecule has 2 amide bonds. The van der Waals surface area contributed by atoms with E-state index >= 15 is 0 Å². The van der Waals surface area contributed by atoms with Gasteiger partial charge in [0.25, 0.3) is 11.8 Å². The minimum Gasteiger partial charge on any atom is -0.490 e. The molecule has 2 aliphatic rings. The SMILES string of the molecule is C=CCOc1cccc(C[C@H](NC(=O)c2cc(C(=O)N3CCCCC3CCC)n(CC)n2)[C@@H](O)CNC2(c3cccc(C(F)(F)F)c3)CC2)c1. The molecule has 3 aromatic rings. The molecule has 5 rings (SSSR count). The number of alkyl halides is 3. The Morgan fingerprint density at radius 1 is 1.14 bits per heavy atom. The molecular weight excluding hydrogens is 647 g/mol. The molecular formula is C38H48F3N5O4. The van der Waals surface area contributed by atoms with Gasteiger partial charge in [-0.3, -0.25) is 14.3 Å². The van der Waals surface area contributed by atoms with Gasteiger partial charge < -0.3 is 25.4 Å². The number of amides is 2. The maximum Gasteiger partial charge on any atom is 0.416 e. The van der Waals surface area contributed by atoms with E-state index in [9.17, 15) is 27.9 Å². The van der Waals surface area contributed by atoms with Gasteiger partial charge in [-0.25, -0.2) is 0 Å². The van der Waals surface area contributed by atoms with Gasteiger partial charge in [0.15, 0.2) is 5.69 Å². The maximum atomic E-state index is 13.8. The summed E-state index contributed by atoms with van der Waals surface area (Å²) in [7, 11) is 0. The van der Waals surface area contributed by atoms with E-state index in [1.165, 1.54) is 12.1 Å². The van der Waals surface area contributed by atoms with Crippen molar-refractivity contribution >= 4 is 11.8 Å². The van der Waals surface area contributed by atoms with Crippen molar-refractivity contribution < 1.29 is 32.6 Å². The summed E-state index contributed by atoms with van der Waals surface area (Å²) in [6, 6.07) is 13.4. The number of likely N-dealkylation sites (tertiary alicyclic amines) is 1. The van der Waals surface area contributed by atoms with E-state index < -0.39 is 35.3 Å². The lowest BCUT2D eigenvalue weighted by atomic mass is 9.97. The zero-order valence-electron chi connectivity index (χ0n) is 28.8. The van der Waals surface area contributed by atoms with Crippen molar-refractivity contribution in [3.63, 3.8) is 0 Å². The van der Waals surface area contributed by atoms with Gasteiger partial charge in [-0.05, 0) is 87.3 Å². The van der Waals surface area contributed by atoms with Crippen molar-refractivity contribution in [2.24, 2.45) is 0 Å². The second-order valence-corrected chi connectivity index (χ2v) is 13.3. The summed E-state index contributed by atoms with van der Waals surface area (Å²) in [6.07, 6.45) is 2.35. The maximum absolute atomic E-state index is 13.8. The van der Waals surface area contributed by atoms with Gasteiger partial charge in [0.2, 0.25) is 0 Å². The predicted octanol–water partition coefficient (Wildman–Crippen LogP) is 6.26. The van der Waals surface area contributed by atoms with Gasteiger partial charge in [0, 0.05) is 37.3 Å². The average Bonchev–Trinajstić information content (AvgIpc) is 3.78. The molecule has 0 spiro atoms. The van der Waals surface area contributed by atoms with Crippen LogP contribution in [-0.4, -0.2) is 69.5 Å². The molecule has 2 fully saturated rings. The van der Waals surface area contributed by atoms with Gasteiger partial charge in [-0.1, -0.05) is 50.3 Å². The van der Waals surface area contributed by atoms with E-state index in [0.29, 0.717) is 49.5 Å².